The predicted octanol–water partition coefficient (Wildman–Crippen LogP) is 5.49. The fourth-order valence-corrected chi connectivity index (χ4v) is 3.68. The van der Waals surface area contributed by atoms with E-state index in [4.69, 9.17) is 4.74 Å². The van der Waals surface area contributed by atoms with Gasteiger partial charge in [-0.3, -0.25) is 9.69 Å². The van der Waals surface area contributed by atoms with Gasteiger partial charge in [-0.15, -0.1) is 0 Å². The maximum absolute atomic E-state index is 12.8. The van der Waals surface area contributed by atoms with E-state index in [-0.39, 0.29) is 5.91 Å². The van der Waals surface area contributed by atoms with Crippen molar-refractivity contribution >= 4 is 34.6 Å². The second kappa shape index (κ2) is 9.42. The highest BCUT2D eigenvalue weighted by Gasteiger charge is 2.32. The van der Waals surface area contributed by atoms with E-state index in [1.165, 1.54) is 11.8 Å². The van der Waals surface area contributed by atoms with Crippen molar-refractivity contribution < 1.29 is 9.53 Å². The third-order valence-corrected chi connectivity index (χ3v) is 4.97. The van der Waals surface area contributed by atoms with Gasteiger partial charge in [-0.25, -0.2) is 4.99 Å². The molecule has 0 spiro atoms. The topological polar surface area (TPSA) is 41.9 Å². The Morgan fingerprint density at radius 2 is 1.78 bits per heavy atom. The van der Waals surface area contributed by atoms with Crippen molar-refractivity contribution in [3.8, 4) is 5.75 Å². The molecule has 1 aliphatic rings. The molecule has 0 bridgehead atoms. The molecule has 3 rings (SSSR count). The van der Waals surface area contributed by atoms with E-state index in [1.54, 1.807) is 4.90 Å². The molecule has 0 atom stereocenters. The van der Waals surface area contributed by atoms with Gasteiger partial charge in [0, 0.05) is 6.54 Å². The van der Waals surface area contributed by atoms with Crippen molar-refractivity contribution in [2.24, 2.45) is 4.99 Å². The number of aliphatic imine (C=N–C) groups is 1. The van der Waals surface area contributed by atoms with Gasteiger partial charge in [0.1, 0.15) is 5.75 Å². The summed E-state index contributed by atoms with van der Waals surface area (Å²) in [7, 11) is 0. The molecular weight excluding hydrogens is 356 g/mol. The normalized spacial score (nSPS) is 17.1. The quantitative estimate of drug-likeness (QED) is 0.597. The number of carbonyl (C=O) groups is 1. The standard InChI is InChI=1S/C22H24N2O2S/c1-3-14-24-21(25)20(27-22(24)23-18-8-6-5-7-9-18)16-17-10-12-19(13-11-17)26-15-4-2/h5-13,16H,3-4,14-15H2,1-2H3/b20-16+,23-22?. The van der Waals surface area contributed by atoms with Gasteiger partial charge < -0.3 is 4.74 Å². The number of benzene rings is 2. The van der Waals surface area contributed by atoms with Gasteiger partial charge in [0.25, 0.3) is 5.91 Å². The molecule has 27 heavy (non-hydrogen) atoms. The van der Waals surface area contributed by atoms with Crippen LogP contribution in [0.5, 0.6) is 5.75 Å². The largest absolute Gasteiger partial charge is 0.494 e. The van der Waals surface area contributed by atoms with Crippen LogP contribution >= 0.6 is 11.8 Å². The third kappa shape index (κ3) is 5.01. The number of thioether (sulfide) groups is 1. The van der Waals surface area contributed by atoms with Crippen LogP contribution in [0.25, 0.3) is 6.08 Å². The Morgan fingerprint density at radius 1 is 1.04 bits per heavy atom. The van der Waals surface area contributed by atoms with Crippen LogP contribution in [0.4, 0.5) is 5.69 Å². The molecule has 0 unspecified atom stereocenters. The first kappa shape index (κ1) is 19.2. The minimum Gasteiger partial charge on any atom is -0.494 e. The Labute approximate surface area is 164 Å². The summed E-state index contributed by atoms with van der Waals surface area (Å²) in [5.74, 6) is 0.867. The molecule has 0 saturated carbocycles. The molecule has 0 aliphatic carbocycles. The van der Waals surface area contributed by atoms with Crippen LogP contribution in [0.3, 0.4) is 0 Å². The first-order valence-corrected chi connectivity index (χ1v) is 10.1. The van der Waals surface area contributed by atoms with E-state index < -0.39 is 0 Å². The van der Waals surface area contributed by atoms with Crippen LogP contribution in [0.15, 0.2) is 64.5 Å². The molecule has 0 N–H and O–H groups in total. The summed E-state index contributed by atoms with van der Waals surface area (Å²) in [6, 6.07) is 17.6. The fourth-order valence-electron chi connectivity index (χ4n) is 2.66. The maximum Gasteiger partial charge on any atom is 0.266 e. The van der Waals surface area contributed by atoms with E-state index in [0.717, 1.165) is 35.0 Å². The molecule has 1 fully saturated rings. The van der Waals surface area contributed by atoms with Crippen LogP contribution < -0.4 is 4.74 Å². The molecule has 2 aromatic carbocycles. The molecule has 1 amide bonds. The van der Waals surface area contributed by atoms with Crippen molar-refractivity contribution in [1.82, 2.24) is 4.90 Å². The fraction of sp³-hybridized carbons (Fsp3) is 0.273. The smallest absolute Gasteiger partial charge is 0.266 e. The van der Waals surface area contributed by atoms with Crippen molar-refractivity contribution in [3.05, 3.63) is 65.1 Å². The Hall–Kier alpha value is -2.53. The highest BCUT2D eigenvalue weighted by atomic mass is 32.2. The lowest BCUT2D eigenvalue weighted by Crippen LogP contribution is -2.29. The number of ether oxygens (including phenoxy) is 1. The van der Waals surface area contributed by atoms with E-state index >= 15 is 0 Å². The van der Waals surface area contributed by atoms with Gasteiger partial charge >= 0.3 is 0 Å². The number of amidine groups is 1. The van der Waals surface area contributed by atoms with E-state index in [1.807, 2.05) is 60.7 Å². The van der Waals surface area contributed by atoms with Crippen molar-refractivity contribution in [3.63, 3.8) is 0 Å². The number of nitrogens with zero attached hydrogens (tertiary/aromatic N) is 2. The van der Waals surface area contributed by atoms with E-state index in [0.29, 0.717) is 18.1 Å². The molecule has 0 radical (unpaired) electrons. The first-order chi connectivity index (χ1) is 13.2. The molecule has 4 nitrogen and oxygen atoms in total. The zero-order valence-electron chi connectivity index (χ0n) is 15.7. The molecule has 1 aliphatic heterocycles. The van der Waals surface area contributed by atoms with Crippen LogP contribution in [-0.2, 0) is 4.79 Å². The van der Waals surface area contributed by atoms with Crippen LogP contribution in [0.1, 0.15) is 32.3 Å². The zero-order chi connectivity index (χ0) is 19.1. The number of para-hydroxylation sites is 1. The minimum absolute atomic E-state index is 0.0165. The Balaban J connectivity index is 1.82. The summed E-state index contributed by atoms with van der Waals surface area (Å²) < 4.78 is 5.61. The maximum atomic E-state index is 12.8. The molecule has 1 saturated heterocycles. The number of hydrogen-bond acceptors (Lipinski definition) is 4. The zero-order valence-corrected chi connectivity index (χ0v) is 16.5. The van der Waals surface area contributed by atoms with Gasteiger partial charge in [0.15, 0.2) is 5.17 Å². The first-order valence-electron chi connectivity index (χ1n) is 9.29. The summed E-state index contributed by atoms with van der Waals surface area (Å²) in [5.41, 5.74) is 1.83. The molecule has 0 aromatic heterocycles. The third-order valence-electron chi connectivity index (χ3n) is 3.97. The van der Waals surface area contributed by atoms with Crippen LogP contribution in [0, 0.1) is 0 Å². The Kier molecular flexibility index (Phi) is 6.71. The van der Waals surface area contributed by atoms with Crippen LogP contribution in [-0.4, -0.2) is 29.1 Å². The summed E-state index contributed by atoms with van der Waals surface area (Å²) in [6.45, 7) is 5.52. The second-order valence-corrected chi connectivity index (χ2v) is 7.22. The van der Waals surface area contributed by atoms with Crippen LogP contribution in [0.2, 0.25) is 0 Å². The predicted molar refractivity (Wildman–Crippen MR) is 113 cm³/mol. The molecule has 140 valence electrons. The molecule has 1 heterocycles. The highest BCUT2D eigenvalue weighted by molar-refractivity contribution is 8.18. The van der Waals surface area contributed by atoms with Gasteiger partial charge in [0.2, 0.25) is 0 Å². The summed E-state index contributed by atoms with van der Waals surface area (Å²) in [4.78, 5) is 20.0. The lowest BCUT2D eigenvalue weighted by molar-refractivity contribution is -0.122. The van der Waals surface area contributed by atoms with Gasteiger partial charge in [-0.05, 0) is 60.5 Å². The number of carbonyl (C=O) groups excluding carboxylic acids is 1. The SMILES string of the molecule is CCCOc1ccc(/C=C2/SC(=Nc3ccccc3)N(CCC)C2=O)cc1. The van der Waals surface area contributed by atoms with E-state index in [9.17, 15) is 4.79 Å². The molecule has 2 aromatic rings. The minimum atomic E-state index is 0.0165. The van der Waals surface area contributed by atoms with Gasteiger partial charge in [-0.1, -0.05) is 44.2 Å². The Morgan fingerprint density at radius 3 is 2.44 bits per heavy atom. The average molecular weight is 381 g/mol. The summed E-state index contributed by atoms with van der Waals surface area (Å²) >= 11 is 1.43. The Bertz CT molecular complexity index is 829. The lowest BCUT2D eigenvalue weighted by Gasteiger charge is -2.13. The summed E-state index contributed by atoms with van der Waals surface area (Å²) in [6.07, 6.45) is 3.79. The molecule has 5 heteroatoms. The monoisotopic (exact) mass is 380 g/mol. The number of hydrogen-bond donors (Lipinski definition) is 0. The molecular formula is C22H24N2O2S. The van der Waals surface area contributed by atoms with Gasteiger partial charge in [-0.2, -0.15) is 0 Å². The average Bonchev–Trinajstić information content (AvgIpc) is 2.97. The van der Waals surface area contributed by atoms with E-state index in [2.05, 4.69) is 18.8 Å². The van der Waals surface area contributed by atoms with Crippen molar-refractivity contribution in [2.75, 3.05) is 13.2 Å². The summed E-state index contributed by atoms with van der Waals surface area (Å²) in [5, 5.41) is 0.738. The van der Waals surface area contributed by atoms with Gasteiger partial charge in [0.05, 0.1) is 17.2 Å². The lowest BCUT2D eigenvalue weighted by atomic mass is 10.2. The highest BCUT2D eigenvalue weighted by Crippen LogP contribution is 2.34. The van der Waals surface area contributed by atoms with Crippen molar-refractivity contribution in [1.29, 1.82) is 0 Å². The van der Waals surface area contributed by atoms with Crippen molar-refractivity contribution in [2.45, 2.75) is 26.7 Å². The second-order valence-electron chi connectivity index (χ2n) is 6.21. The number of amides is 1. The number of rotatable bonds is 7.